The average molecular weight is 481 g/mol. The van der Waals surface area contributed by atoms with Crippen LogP contribution >= 0.6 is 22.2 Å². The van der Waals surface area contributed by atoms with Gasteiger partial charge in [0.2, 0.25) is 0 Å². The monoisotopic (exact) mass is 480 g/mol. The molecule has 3 rings (SSSR count). The van der Waals surface area contributed by atoms with Crippen molar-refractivity contribution in [2.24, 2.45) is 0 Å². The molecule has 0 aromatic heterocycles. The lowest BCUT2D eigenvalue weighted by Crippen LogP contribution is -2.40. The van der Waals surface area contributed by atoms with Crippen molar-refractivity contribution in [2.45, 2.75) is 51.5 Å². The molecular weight excluding hydrogens is 448 g/mol. The maximum atomic E-state index is 11.4. The van der Waals surface area contributed by atoms with E-state index in [1.807, 2.05) is 56.3 Å². The summed E-state index contributed by atoms with van der Waals surface area (Å²) in [6, 6.07) is 13.8. The van der Waals surface area contributed by atoms with Crippen LogP contribution in [0.4, 0.5) is 17.1 Å². The maximum absolute atomic E-state index is 11.4. The molecule has 0 amide bonds. The predicted octanol–water partition coefficient (Wildman–Crippen LogP) is 6.58. The second-order valence-electron chi connectivity index (χ2n) is 9.05. The quantitative estimate of drug-likeness (QED) is 0.341. The van der Waals surface area contributed by atoms with Crippen molar-refractivity contribution in [3.05, 3.63) is 53.1 Å². The van der Waals surface area contributed by atoms with Crippen LogP contribution in [-0.4, -0.2) is 44.3 Å². The molecule has 32 heavy (non-hydrogen) atoms. The van der Waals surface area contributed by atoms with E-state index in [4.69, 9.17) is 11.6 Å². The van der Waals surface area contributed by atoms with Crippen LogP contribution in [0.5, 0.6) is 0 Å². The van der Waals surface area contributed by atoms with Crippen molar-refractivity contribution in [1.29, 1.82) is 0 Å². The van der Waals surface area contributed by atoms with Crippen LogP contribution in [0.15, 0.2) is 42.5 Å². The van der Waals surface area contributed by atoms with Crippen molar-refractivity contribution in [3.8, 4) is 0 Å². The number of halogens is 1. The molecule has 8 heteroatoms. The number of hydrogen-bond donors (Lipinski definition) is 4. The molecule has 0 atom stereocenters. The van der Waals surface area contributed by atoms with Crippen LogP contribution in [0.1, 0.15) is 45.6 Å². The number of nitrogens with one attached hydrogen (secondary N) is 1. The number of rotatable bonds is 8. The first-order valence-electron chi connectivity index (χ1n) is 10.9. The van der Waals surface area contributed by atoms with Crippen LogP contribution < -0.4 is 10.2 Å². The Hall–Kier alpha value is -1.93. The normalized spacial score (nSPS) is 17.6. The lowest BCUT2D eigenvalue weighted by atomic mass is 9.81. The SMILES string of the molecule is CCN(c1ccc(C(C)(C)CC(=O)O)cc1Nc1ccc(Cl)cc1)C1CCS(O)(O)CC1. The Bertz CT molecular complexity index is 940. The van der Waals surface area contributed by atoms with Gasteiger partial charge in [0, 0.05) is 40.2 Å². The molecule has 0 radical (unpaired) electrons. The minimum absolute atomic E-state index is 0.0324. The first-order valence-corrected chi connectivity index (χ1v) is 13.2. The van der Waals surface area contributed by atoms with E-state index in [1.165, 1.54) is 0 Å². The highest BCUT2D eigenvalue weighted by molar-refractivity contribution is 8.24. The lowest BCUT2D eigenvalue weighted by Gasteiger charge is -2.44. The maximum Gasteiger partial charge on any atom is 0.304 e. The predicted molar refractivity (Wildman–Crippen MR) is 135 cm³/mol. The zero-order valence-corrected chi connectivity index (χ0v) is 20.4. The van der Waals surface area contributed by atoms with Gasteiger partial charge in [0.25, 0.3) is 0 Å². The second-order valence-corrected chi connectivity index (χ2v) is 11.9. The standard InChI is InChI=1S/C24H33ClN2O4S/c1-4-27(20-11-13-32(30,31)14-12-20)22-10-5-17(24(2,3)16-23(28)29)15-21(22)26-19-8-6-18(25)7-9-19/h5-10,15,20,26,30-31H,4,11-14,16H2,1-3H3,(H,28,29). The number of anilines is 3. The molecule has 1 fully saturated rings. The van der Waals surface area contributed by atoms with Gasteiger partial charge >= 0.3 is 5.97 Å². The molecule has 176 valence electrons. The minimum atomic E-state index is -2.45. The number of carboxylic acids is 1. The van der Waals surface area contributed by atoms with Crippen molar-refractivity contribution >= 4 is 45.2 Å². The van der Waals surface area contributed by atoms with Gasteiger partial charge in [-0.25, -0.2) is 0 Å². The fourth-order valence-electron chi connectivity index (χ4n) is 4.31. The summed E-state index contributed by atoms with van der Waals surface area (Å²) in [7, 11) is -2.45. The van der Waals surface area contributed by atoms with E-state index in [0.29, 0.717) is 16.5 Å². The fourth-order valence-corrected chi connectivity index (χ4v) is 5.94. The van der Waals surface area contributed by atoms with Crippen LogP contribution in [-0.2, 0) is 10.2 Å². The Kier molecular flexibility index (Phi) is 7.65. The van der Waals surface area contributed by atoms with Gasteiger partial charge in [-0.3, -0.25) is 13.9 Å². The Labute approximate surface area is 196 Å². The van der Waals surface area contributed by atoms with Gasteiger partial charge in [-0.15, -0.1) is 0 Å². The van der Waals surface area contributed by atoms with Crippen LogP contribution in [0.25, 0.3) is 0 Å². The number of aliphatic carboxylic acids is 1. The number of hydrogen-bond acceptors (Lipinski definition) is 5. The summed E-state index contributed by atoms with van der Waals surface area (Å²) < 4.78 is 20.1. The third-order valence-corrected chi connectivity index (χ3v) is 8.17. The minimum Gasteiger partial charge on any atom is -0.481 e. The van der Waals surface area contributed by atoms with Gasteiger partial charge in [-0.1, -0.05) is 31.5 Å². The van der Waals surface area contributed by atoms with E-state index in [0.717, 1.165) is 42.0 Å². The molecule has 2 aromatic rings. The molecule has 1 aliphatic rings. The molecule has 1 saturated heterocycles. The van der Waals surface area contributed by atoms with Gasteiger partial charge in [0.1, 0.15) is 0 Å². The Morgan fingerprint density at radius 2 is 1.78 bits per heavy atom. The van der Waals surface area contributed by atoms with Crippen LogP contribution in [0, 0.1) is 0 Å². The van der Waals surface area contributed by atoms with Crippen molar-refractivity contribution in [1.82, 2.24) is 0 Å². The van der Waals surface area contributed by atoms with Gasteiger partial charge in [0.15, 0.2) is 0 Å². The van der Waals surface area contributed by atoms with Gasteiger partial charge in [-0.05, 0) is 61.7 Å². The van der Waals surface area contributed by atoms with Gasteiger partial charge in [-0.2, -0.15) is 10.6 Å². The summed E-state index contributed by atoms with van der Waals surface area (Å²) in [6.07, 6.45) is 1.48. The van der Waals surface area contributed by atoms with E-state index in [2.05, 4.69) is 17.1 Å². The first-order chi connectivity index (χ1) is 15.0. The summed E-state index contributed by atoms with van der Waals surface area (Å²) in [4.78, 5) is 13.7. The Morgan fingerprint density at radius 1 is 1.16 bits per heavy atom. The molecular formula is C24H33ClN2O4S. The van der Waals surface area contributed by atoms with Crippen molar-refractivity contribution in [3.63, 3.8) is 0 Å². The first kappa shape index (κ1) is 24.7. The number of nitrogens with zero attached hydrogens (tertiary/aromatic N) is 1. The lowest BCUT2D eigenvalue weighted by molar-refractivity contribution is -0.138. The number of carboxylic acid groups (broad SMARTS) is 1. The third-order valence-electron chi connectivity index (χ3n) is 6.14. The van der Waals surface area contributed by atoms with Gasteiger partial charge < -0.3 is 15.3 Å². The highest BCUT2D eigenvalue weighted by Gasteiger charge is 2.30. The average Bonchev–Trinajstić information content (AvgIpc) is 2.71. The second kappa shape index (κ2) is 9.91. The Morgan fingerprint density at radius 3 is 2.34 bits per heavy atom. The zero-order valence-electron chi connectivity index (χ0n) is 18.8. The van der Waals surface area contributed by atoms with E-state index in [-0.39, 0.29) is 12.5 Å². The highest BCUT2D eigenvalue weighted by Crippen LogP contribution is 2.46. The van der Waals surface area contributed by atoms with Gasteiger partial charge in [0.05, 0.1) is 17.8 Å². The zero-order chi connectivity index (χ0) is 23.5. The molecule has 0 bridgehead atoms. The largest absolute Gasteiger partial charge is 0.481 e. The number of benzene rings is 2. The molecule has 0 saturated carbocycles. The Balaban J connectivity index is 1.99. The molecule has 1 heterocycles. The summed E-state index contributed by atoms with van der Waals surface area (Å²) in [5.74, 6) is 0.0260. The van der Waals surface area contributed by atoms with Crippen LogP contribution in [0.3, 0.4) is 0 Å². The number of carbonyl (C=O) groups is 1. The smallest absolute Gasteiger partial charge is 0.304 e. The van der Waals surface area contributed by atoms with E-state index in [1.54, 1.807) is 0 Å². The molecule has 0 unspecified atom stereocenters. The molecule has 0 spiro atoms. The fraction of sp³-hybridized carbons (Fsp3) is 0.458. The third kappa shape index (κ3) is 6.10. The van der Waals surface area contributed by atoms with E-state index in [9.17, 15) is 19.0 Å². The summed E-state index contributed by atoms with van der Waals surface area (Å²) in [5.41, 5.74) is 3.20. The van der Waals surface area contributed by atoms with Crippen molar-refractivity contribution in [2.75, 3.05) is 28.3 Å². The topological polar surface area (TPSA) is 93.0 Å². The molecule has 0 aliphatic carbocycles. The van der Waals surface area contributed by atoms with Crippen LogP contribution in [0.2, 0.25) is 5.02 Å². The summed E-state index contributed by atoms with van der Waals surface area (Å²) in [6.45, 7) is 6.75. The molecule has 4 N–H and O–H groups in total. The molecule has 2 aromatic carbocycles. The van der Waals surface area contributed by atoms with E-state index >= 15 is 0 Å². The summed E-state index contributed by atoms with van der Waals surface area (Å²) >= 11 is 6.05. The molecule has 1 aliphatic heterocycles. The van der Waals surface area contributed by atoms with Crippen molar-refractivity contribution < 1.29 is 19.0 Å². The van der Waals surface area contributed by atoms with E-state index < -0.39 is 22.0 Å². The highest BCUT2D eigenvalue weighted by atomic mass is 35.5. The summed E-state index contributed by atoms with van der Waals surface area (Å²) in [5, 5.41) is 13.5. The molecule has 6 nitrogen and oxygen atoms in total.